The molecule has 3 rings (SSSR count). The van der Waals surface area contributed by atoms with Crippen LogP contribution < -0.4 is 0 Å². The van der Waals surface area contributed by atoms with E-state index in [0.717, 1.165) is 43.4 Å². The van der Waals surface area contributed by atoms with Gasteiger partial charge in [-0.1, -0.05) is 12.1 Å². The minimum atomic E-state index is -0.254. The Balaban J connectivity index is 1.81. The van der Waals surface area contributed by atoms with E-state index in [4.69, 9.17) is 4.74 Å². The van der Waals surface area contributed by atoms with Crippen molar-refractivity contribution in [2.45, 2.75) is 71.3 Å². The lowest BCUT2D eigenvalue weighted by Crippen LogP contribution is -2.43. The minimum Gasteiger partial charge on any atom is -0.378 e. The topological polar surface area (TPSA) is 73.6 Å². The average molecular weight is 466 g/mol. The average Bonchev–Trinajstić information content (AvgIpc) is 3.35. The van der Waals surface area contributed by atoms with Gasteiger partial charge < -0.3 is 14.5 Å². The van der Waals surface area contributed by atoms with Gasteiger partial charge in [0.15, 0.2) is 11.6 Å². The number of ether oxygens (including phenoxy) is 1. The van der Waals surface area contributed by atoms with Crippen LogP contribution in [0.25, 0.3) is 5.70 Å². The highest BCUT2D eigenvalue weighted by atomic mass is 16.5. The second-order valence-electron chi connectivity index (χ2n) is 9.99. The largest absolute Gasteiger partial charge is 0.378 e. The molecule has 6 nitrogen and oxygen atoms in total. The summed E-state index contributed by atoms with van der Waals surface area (Å²) in [6.07, 6.45) is 6.60. The molecule has 2 heterocycles. The predicted octanol–water partition coefficient (Wildman–Crippen LogP) is 4.77. The second-order valence-corrected chi connectivity index (χ2v) is 9.99. The van der Waals surface area contributed by atoms with Crippen molar-refractivity contribution < 1.29 is 14.3 Å². The molecule has 0 amide bonds. The Morgan fingerprint density at radius 1 is 1.12 bits per heavy atom. The smallest absolute Gasteiger partial charge is 0.172 e. The van der Waals surface area contributed by atoms with Crippen LogP contribution >= 0.6 is 0 Å². The number of methoxy groups -OCH3 is 1. The summed E-state index contributed by atoms with van der Waals surface area (Å²) in [6, 6.07) is 7.84. The lowest BCUT2D eigenvalue weighted by atomic mass is 9.90. The Hall–Kier alpha value is -2.49. The van der Waals surface area contributed by atoms with Gasteiger partial charge in [0.1, 0.15) is 11.6 Å². The molecule has 0 unspecified atom stereocenters. The SMILES string of the molecule is COC1(C)CCN(/C(=C(\C#N)C(C)=O)c2cc(C(=O)CCCCN3CCCC3)ccc2C)CC1. The number of piperidine rings is 1. The van der Waals surface area contributed by atoms with E-state index in [2.05, 4.69) is 22.8 Å². The van der Waals surface area contributed by atoms with Crippen LogP contribution in [0.5, 0.6) is 0 Å². The summed E-state index contributed by atoms with van der Waals surface area (Å²) >= 11 is 0. The molecule has 0 spiro atoms. The van der Waals surface area contributed by atoms with Crippen LogP contribution in [0.15, 0.2) is 23.8 Å². The first-order chi connectivity index (χ1) is 16.3. The molecule has 34 heavy (non-hydrogen) atoms. The number of hydrogen-bond donors (Lipinski definition) is 0. The summed E-state index contributed by atoms with van der Waals surface area (Å²) in [5.41, 5.74) is 3.00. The molecule has 1 aromatic carbocycles. The van der Waals surface area contributed by atoms with Gasteiger partial charge in [0.25, 0.3) is 0 Å². The summed E-state index contributed by atoms with van der Waals surface area (Å²) in [7, 11) is 1.73. The lowest BCUT2D eigenvalue weighted by molar-refractivity contribution is -0.113. The fourth-order valence-electron chi connectivity index (χ4n) is 4.99. The monoisotopic (exact) mass is 465 g/mol. The third-order valence-corrected chi connectivity index (χ3v) is 7.47. The number of nitrogens with zero attached hydrogens (tertiary/aromatic N) is 3. The Morgan fingerprint density at radius 3 is 2.38 bits per heavy atom. The van der Waals surface area contributed by atoms with Crippen LogP contribution in [-0.2, 0) is 9.53 Å². The van der Waals surface area contributed by atoms with Crippen LogP contribution in [0.3, 0.4) is 0 Å². The third kappa shape index (κ3) is 6.34. The first-order valence-corrected chi connectivity index (χ1v) is 12.6. The molecule has 184 valence electrons. The molecule has 2 aliphatic rings. The van der Waals surface area contributed by atoms with Crippen molar-refractivity contribution >= 4 is 17.3 Å². The van der Waals surface area contributed by atoms with Crippen LogP contribution in [0.4, 0.5) is 0 Å². The molecule has 0 bridgehead atoms. The summed E-state index contributed by atoms with van der Waals surface area (Å²) in [5, 5.41) is 9.86. The number of rotatable bonds is 10. The third-order valence-electron chi connectivity index (χ3n) is 7.47. The Kier molecular flexibility index (Phi) is 9.04. The van der Waals surface area contributed by atoms with Crippen molar-refractivity contribution in [3.63, 3.8) is 0 Å². The van der Waals surface area contributed by atoms with E-state index in [9.17, 15) is 14.9 Å². The molecular formula is C28H39N3O3. The van der Waals surface area contributed by atoms with E-state index in [1.165, 1.54) is 32.9 Å². The van der Waals surface area contributed by atoms with Crippen molar-refractivity contribution in [1.29, 1.82) is 5.26 Å². The van der Waals surface area contributed by atoms with Crippen LogP contribution in [-0.4, -0.2) is 66.8 Å². The van der Waals surface area contributed by atoms with Gasteiger partial charge >= 0.3 is 0 Å². The van der Waals surface area contributed by atoms with Crippen molar-refractivity contribution in [1.82, 2.24) is 9.80 Å². The number of Topliss-reactive ketones (excluding diaryl/α,β-unsaturated/α-hetero) is 2. The second kappa shape index (κ2) is 11.8. The summed E-state index contributed by atoms with van der Waals surface area (Å²) in [6.45, 7) is 10.3. The van der Waals surface area contributed by atoms with Crippen molar-refractivity contribution in [3.8, 4) is 6.07 Å². The van der Waals surface area contributed by atoms with E-state index < -0.39 is 0 Å². The van der Waals surface area contributed by atoms with Crippen molar-refractivity contribution in [2.75, 3.05) is 39.8 Å². The van der Waals surface area contributed by atoms with E-state index in [-0.39, 0.29) is 22.7 Å². The van der Waals surface area contributed by atoms with Gasteiger partial charge in [0.2, 0.25) is 0 Å². The fourth-order valence-corrected chi connectivity index (χ4v) is 4.99. The molecule has 0 aliphatic carbocycles. The molecule has 2 aliphatic heterocycles. The number of benzene rings is 1. The number of carbonyl (C=O) groups excluding carboxylic acids is 2. The first kappa shape index (κ1) is 26.1. The number of ketones is 2. The van der Waals surface area contributed by atoms with Crippen LogP contribution in [0.2, 0.25) is 0 Å². The van der Waals surface area contributed by atoms with E-state index in [1.807, 2.05) is 25.1 Å². The molecule has 0 saturated carbocycles. The quantitative estimate of drug-likeness (QED) is 0.215. The molecule has 6 heteroatoms. The summed E-state index contributed by atoms with van der Waals surface area (Å²) in [4.78, 5) is 30.0. The number of allylic oxidation sites excluding steroid dienone is 1. The zero-order chi connectivity index (χ0) is 24.7. The Morgan fingerprint density at radius 2 is 1.79 bits per heavy atom. The zero-order valence-corrected chi connectivity index (χ0v) is 21.3. The number of unbranched alkanes of at least 4 members (excludes halogenated alkanes) is 1. The maximum Gasteiger partial charge on any atom is 0.172 e. The van der Waals surface area contributed by atoms with Crippen LogP contribution in [0, 0.1) is 18.3 Å². The molecule has 0 radical (unpaired) electrons. The highest BCUT2D eigenvalue weighted by molar-refractivity contribution is 6.05. The van der Waals surface area contributed by atoms with E-state index >= 15 is 0 Å². The standard InChI is InChI=1S/C28H39N3O3/c1-21-10-11-23(26(33)9-5-6-14-30-15-7-8-16-30)19-24(21)27(25(20-29)22(2)32)31-17-12-28(3,34-4)13-18-31/h10-11,19H,5-9,12-18H2,1-4H3/b27-25+. The zero-order valence-electron chi connectivity index (χ0n) is 21.3. The fraction of sp³-hybridized carbons (Fsp3) is 0.607. The number of aryl methyl sites for hydroxylation is 1. The van der Waals surface area contributed by atoms with E-state index in [0.29, 0.717) is 30.8 Å². The maximum atomic E-state index is 13.0. The highest BCUT2D eigenvalue weighted by Crippen LogP contribution is 2.34. The molecular weight excluding hydrogens is 426 g/mol. The van der Waals surface area contributed by atoms with Gasteiger partial charge in [-0.3, -0.25) is 9.59 Å². The van der Waals surface area contributed by atoms with Crippen molar-refractivity contribution in [2.24, 2.45) is 0 Å². The normalized spacial score (nSPS) is 19.0. The van der Waals surface area contributed by atoms with Gasteiger partial charge in [-0.05, 0) is 90.6 Å². The van der Waals surface area contributed by atoms with Gasteiger partial charge in [-0.15, -0.1) is 0 Å². The molecule has 0 N–H and O–H groups in total. The minimum absolute atomic E-state index is 0.119. The highest BCUT2D eigenvalue weighted by Gasteiger charge is 2.33. The Bertz CT molecular complexity index is 962. The molecule has 1 aromatic rings. The van der Waals surface area contributed by atoms with E-state index in [1.54, 1.807) is 7.11 Å². The number of likely N-dealkylation sites (tertiary alicyclic amines) is 2. The van der Waals surface area contributed by atoms with Gasteiger partial charge in [-0.25, -0.2) is 0 Å². The molecule has 0 aromatic heterocycles. The van der Waals surface area contributed by atoms with Crippen LogP contribution in [0.1, 0.15) is 80.3 Å². The first-order valence-electron chi connectivity index (χ1n) is 12.6. The number of hydrogen-bond acceptors (Lipinski definition) is 6. The van der Waals surface area contributed by atoms with Gasteiger partial charge in [-0.2, -0.15) is 5.26 Å². The number of nitriles is 1. The van der Waals surface area contributed by atoms with Gasteiger partial charge in [0.05, 0.1) is 11.3 Å². The predicted molar refractivity (Wildman–Crippen MR) is 134 cm³/mol. The summed E-state index contributed by atoms with van der Waals surface area (Å²) in [5.74, 6) is -0.135. The molecule has 2 saturated heterocycles. The maximum absolute atomic E-state index is 13.0. The summed E-state index contributed by atoms with van der Waals surface area (Å²) < 4.78 is 5.68. The lowest BCUT2D eigenvalue weighted by Gasteiger charge is -2.41. The Labute approximate surface area is 204 Å². The molecule has 0 atom stereocenters. The number of carbonyl (C=O) groups is 2. The van der Waals surface area contributed by atoms with Crippen molar-refractivity contribution in [3.05, 3.63) is 40.5 Å². The molecule has 2 fully saturated rings. The van der Waals surface area contributed by atoms with Gasteiger partial charge in [0, 0.05) is 37.7 Å².